The second-order valence-electron chi connectivity index (χ2n) is 6.99. The molecule has 8 heteroatoms. The number of fused-ring (bicyclic) bond motifs is 1. The molecule has 24 heavy (non-hydrogen) atoms. The van der Waals surface area contributed by atoms with E-state index in [4.69, 9.17) is 21.1 Å². The molecular formula is C16H23ClN4O3. The average Bonchev–Trinajstić information content (AvgIpc) is 2.52. The normalized spacial score (nSPS) is 18.3. The average molecular weight is 355 g/mol. The van der Waals surface area contributed by atoms with Gasteiger partial charge in [0.15, 0.2) is 0 Å². The lowest BCUT2D eigenvalue weighted by atomic mass is 10.1. The predicted molar refractivity (Wildman–Crippen MR) is 90.4 cm³/mol. The Bertz CT molecular complexity index is 626. The van der Waals surface area contributed by atoms with Crippen LogP contribution in [0.2, 0.25) is 5.28 Å². The fraction of sp³-hybridized carbons (Fsp3) is 0.688. The number of rotatable bonds is 1. The molecule has 0 aliphatic carbocycles. The molecule has 0 saturated carbocycles. The highest BCUT2D eigenvalue weighted by Crippen LogP contribution is 2.29. The zero-order valence-corrected chi connectivity index (χ0v) is 15.1. The van der Waals surface area contributed by atoms with Crippen LogP contribution in [0.25, 0.3) is 0 Å². The van der Waals surface area contributed by atoms with Crippen LogP contribution in [0, 0.1) is 0 Å². The largest absolute Gasteiger partial charge is 0.444 e. The lowest BCUT2D eigenvalue weighted by Crippen LogP contribution is -2.42. The minimum Gasteiger partial charge on any atom is -0.444 e. The molecule has 0 spiro atoms. The van der Waals surface area contributed by atoms with Crippen LogP contribution < -0.4 is 4.90 Å². The quantitative estimate of drug-likeness (QED) is 0.721. The first-order valence-electron chi connectivity index (χ1n) is 8.19. The smallest absolute Gasteiger partial charge is 0.410 e. The standard InChI is InChI=1S/C16H23ClN4O3/c1-16(2,3)24-15(22)21-5-4-11-12(10-21)18-14(17)19-13(11)20-6-8-23-9-7-20/h4-10H2,1-3H3. The summed E-state index contributed by atoms with van der Waals surface area (Å²) in [5.74, 6) is 0.872. The summed E-state index contributed by atoms with van der Waals surface area (Å²) in [5, 5.41) is 0.210. The third kappa shape index (κ3) is 3.89. The molecule has 3 heterocycles. The molecule has 1 aromatic heterocycles. The van der Waals surface area contributed by atoms with Gasteiger partial charge in [-0.1, -0.05) is 0 Å². The lowest BCUT2D eigenvalue weighted by Gasteiger charge is -2.34. The number of hydrogen-bond donors (Lipinski definition) is 0. The van der Waals surface area contributed by atoms with Crippen LogP contribution >= 0.6 is 11.6 Å². The van der Waals surface area contributed by atoms with Gasteiger partial charge in [-0.2, -0.15) is 0 Å². The van der Waals surface area contributed by atoms with E-state index in [0.29, 0.717) is 32.7 Å². The van der Waals surface area contributed by atoms with Crippen LogP contribution in [0.3, 0.4) is 0 Å². The lowest BCUT2D eigenvalue weighted by molar-refractivity contribution is 0.0220. The minimum atomic E-state index is -0.514. The minimum absolute atomic E-state index is 0.210. The molecule has 0 N–H and O–H groups in total. The highest BCUT2D eigenvalue weighted by Gasteiger charge is 2.30. The van der Waals surface area contributed by atoms with Gasteiger partial charge in [0.05, 0.1) is 25.5 Å². The second kappa shape index (κ2) is 6.72. The second-order valence-corrected chi connectivity index (χ2v) is 7.33. The number of nitrogens with zero attached hydrogens (tertiary/aromatic N) is 4. The molecule has 2 aliphatic heterocycles. The molecule has 0 unspecified atom stereocenters. The Morgan fingerprint density at radius 3 is 2.58 bits per heavy atom. The number of anilines is 1. The van der Waals surface area contributed by atoms with E-state index in [9.17, 15) is 4.79 Å². The van der Waals surface area contributed by atoms with Crippen LogP contribution in [0.1, 0.15) is 32.0 Å². The molecule has 0 radical (unpaired) electrons. The Morgan fingerprint density at radius 1 is 1.21 bits per heavy atom. The molecule has 132 valence electrons. The number of ether oxygens (including phenoxy) is 2. The van der Waals surface area contributed by atoms with Gasteiger partial charge >= 0.3 is 6.09 Å². The van der Waals surface area contributed by atoms with Gasteiger partial charge < -0.3 is 19.3 Å². The summed E-state index contributed by atoms with van der Waals surface area (Å²) in [7, 11) is 0. The van der Waals surface area contributed by atoms with E-state index < -0.39 is 5.60 Å². The Balaban J connectivity index is 1.81. The van der Waals surface area contributed by atoms with Crippen molar-refractivity contribution in [2.24, 2.45) is 0 Å². The number of aromatic nitrogens is 2. The van der Waals surface area contributed by atoms with E-state index in [1.807, 2.05) is 20.8 Å². The third-order valence-corrected chi connectivity index (χ3v) is 4.15. The van der Waals surface area contributed by atoms with Crippen molar-refractivity contribution < 1.29 is 14.3 Å². The van der Waals surface area contributed by atoms with E-state index in [0.717, 1.165) is 30.2 Å². The fourth-order valence-electron chi connectivity index (χ4n) is 2.90. The summed E-state index contributed by atoms with van der Waals surface area (Å²) in [5.41, 5.74) is 1.36. The van der Waals surface area contributed by atoms with Gasteiger partial charge in [-0.15, -0.1) is 0 Å². The molecular weight excluding hydrogens is 332 g/mol. The Hall–Kier alpha value is -1.60. The Morgan fingerprint density at radius 2 is 1.92 bits per heavy atom. The maximum atomic E-state index is 12.3. The van der Waals surface area contributed by atoms with Gasteiger partial charge in [-0.3, -0.25) is 0 Å². The van der Waals surface area contributed by atoms with Gasteiger partial charge in [-0.25, -0.2) is 14.8 Å². The maximum absolute atomic E-state index is 12.3. The molecule has 3 rings (SSSR count). The van der Waals surface area contributed by atoms with Gasteiger partial charge in [0.1, 0.15) is 11.4 Å². The molecule has 1 aromatic rings. The SMILES string of the molecule is CC(C)(C)OC(=O)N1CCc2c(nc(Cl)nc2N2CCOCC2)C1. The molecule has 0 aromatic carbocycles. The van der Waals surface area contributed by atoms with Crippen molar-refractivity contribution in [3.63, 3.8) is 0 Å². The first kappa shape index (κ1) is 17.2. The number of carbonyl (C=O) groups excluding carboxylic acids is 1. The van der Waals surface area contributed by atoms with Crippen molar-refractivity contribution in [3.8, 4) is 0 Å². The number of halogens is 1. The monoisotopic (exact) mass is 354 g/mol. The third-order valence-electron chi connectivity index (χ3n) is 3.98. The van der Waals surface area contributed by atoms with Crippen molar-refractivity contribution in [3.05, 3.63) is 16.5 Å². The van der Waals surface area contributed by atoms with Crippen LogP contribution in [0.4, 0.5) is 10.6 Å². The number of morpholine rings is 1. The van der Waals surface area contributed by atoms with Crippen molar-refractivity contribution in [2.75, 3.05) is 37.7 Å². The van der Waals surface area contributed by atoms with E-state index >= 15 is 0 Å². The molecule has 0 atom stereocenters. The maximum Gasteiger partial charge on any atom is 0.410 e. The summed E-state index contributed by atoms with van der Waals surface area (Å²) < 4.78 is 10.9. The van der Waals surface area contributed by atoms with E-state index in [-0.39, 0.29) is 11.4 Å². The number of hydrogen-bond acceptors (Lipinski definition) is 6. The van der Waals surface area contributed by atoms with Crippen molar-refractivity contribution in [2.45, 2.75) is 39.3 Å². The predicted octanol–water partition coefficient (Wildman–Crippen LogP) is 2.26. The van der Waals surface area contributed by atoms with Crippen LogP contribution in [-0.2, 0) is 22.4 Å². The summed E-state index contributed by atoms with van der Waals surface area (Å²) in [6.45, 7) is 9.50. The van der Waals surface area contributed by atoms with Crippen molar-refractivity contribution in [1.29, 1.82) is 0 Å². The molecule has 1 fully saturated rings. The van der Waals surface area contributed by atoms with Crippen LogP contribution in [0.5, 0.6) is 0 Å². The van der Waals surface area contributed by atoms with Gasteiger partial charge in [0, 0.05) is 25.2 Å². The zero-order chi connectivity index (χ0) is 17.3. The summed E-state index contributed by atoms with van der Waals surface area (Å²) in [6, 6.07) is 0. The Kier molecular flexibility index (Phi) is 4.83. The first-order valence-corrected chi connectivity index (χ1v) is 8.57. The van der Waals surface area contributed by atoms with Gasteiger partial charge in [0.2, 0.25) is 5.28 Å². The van der Waals surface area contributed by atoms with Crippen LogP contribution in [0.15, 0.2) is 0 Å². The number of amides is 1. The van der Waals surface area contributed by atoms with Gasteiger partial charge in [-0.05, 0) is 38.8 Å². The van der Waals surface area contributed by atoms with E-state index in [2.05, 4.69) is 14.9 Å². The number of carbonyl (C=O) groups is 1. The van der Waals surface area contributed by atoms with Crippen molar-refractivity contribution >= 4 is 23.5 Å². The van der Waals surface area contributed by atoms with Gasteiger partial charge in [0.25, 0.3) is 0 Å². The molecule has 1 saturated heterocycles. The van der Waals surface area contributed by atoms with Crippen LogP contribution in [-0.4, -0.2) is 59.4 Å². The molecule has 0 bridgehead atoms. The molecule has 1 amide bonds. The zero-order valence-electron chi connectivity index (χ0n) is 14.3. The van der Waals surface area contributed by atoms with Crippen molar-refractivity contribution in [1.82, 2.24) is 14.9 Å². The van der Waals surface area contributed by atoms with E-state index in [1.165, 1.54) is 0 Å². The topological polar surface area (TPSA) is 67.8 Å². The molecule has 7 nitrogen and oxygen atoms in total. The highest BCUT2D eigenvalue weighted by molar-refractivity contribution is 6.28. The summed E-state index contributed by atoms with van der Waals surface area (Å²) in [6.07, 6.45) is 0.370. The fourth-order valence-corrected chi connectivity index (χ4v) is 3.08. The molecule has 2 aliphatic rings. The first-order chi connectivity index (χ1) is 11.3. The summed E-state index contributed by atoms with van der Waals surface area (Å²) >= 11 is 6.12. The highest BCUT2D eigenvalue weighted by atomic mass is 35.5. The van der Waals surface area contributed by atoms with E-state index in [1.54, 1.807) is 4.90 Å². The summed E-state index contributed by atoms with van der Waals surface area (Å²) in [4.78, 5) is 24.9. The Labute approximate surface area is 146 Å².